The van der Waals surface area contributed by atoms with Crippen molar-refractivity contribution in [3.05, 3.63) is 17.5 Å². The first-order valence-electron chi connectivity index (χ1n) is 4.51. The van der Waals surface area contributed by atoms with Crippen LogP contribution in [0.5, 0.6) is 0 Å². The first kappa shape index (κ1) is 8.75. The van der Waals surface area contributed by atoms with Crippen LogP contribution >= 0.6 is 11.6 Å². The molecule has 0 aromatic carbocycles. The molecule has 1 N–H and O–H groups in total. The van der Waals surface area contributed by atoms with Crippen LogP contribution < -0.4 is 5.32 Å². The molecule has 13 heavy (non-hydrogen) atoms. The van der Waals surface area contributed by atoms with Crippen molar-refractivity contribution in [2.45, 2.75) is 25.8 Å². The van der Waals surface area contributed by atoms with Crippen LogP contribution in [-0.4, -0.2) is 16.0 Å². The predicted octanol–water partition coefficient (Wildman–Crippen LogP) is 2.34. The predicted molar refractivity (Wildman–Crippen MR) is 52.9 cm³/mol. The van der Waals surface area contributed by atoms with Crippen molar-refractivity contribution in [1.82, 2.24) is 9.97 Å². The maximum absolute atomic E-state index is 5.66. The van der Waals surface area contributed by atoms with Crippen molar-refractivity contribution in [3.8, 4) is 0 Å². The first-order valence-corrected chi connectivity index (χ1v) is 4.88. The molecule has 4 heteroatoms. The van der Waals surface area contributed by atoms with Gasteiger partial charge in [0.05, 0.1) is 0 Å². The molecule has 1 aromatic rings. The number of rotatable bonds is 3. The molecule has 1 unspecified atom stereocenters. The summed E-state index contributed by atoms with van der Waals surface area (Å²) in [4.78, 5) is 7.89. The molecule has 1 aliphatic rings. The van der Waals surface area contributed by atoms with Crippen molar-refractivity contribution in [2.75, 3.05) is 5.32 Å². The quantitative estimate of drug-likeness (QED) is 0.756. The second kappa shape index (κ2) is 3.50. The second-order valence-corrected chi connectivity index (χ2v) is 3.82. The highest BCUT2D eigenvalue weighted by Crippen LogP contribution is 2.33. The van der Waals surface area contributed by atoms with E-state index in [4.69, 9.17) is 11.6 Å². The zero-order valence-electron chi connectivity index (χ0n) is 7.50. The number of nitrogens with zero attached hydrogens (tertiary/aromatic N) is 2. The van der Waals surface area contributed by atoms with Crippen LogP contribution in [0.4, 0.5) is 5.82 Å². The average Bonchev–Trinajstić information content (AvgIpc) is 2.85. The molecule has 0 saturated heterocycles. The Bertz CT molecular complexity index is 299. The Kier molecular flexibility index (Phi) is 2.36. The molecule has 1 atom stereocenters. The maximum Gasteiger partial charge on any atom is 0.224 e. The molecule has 1 aliphatic carbocycles. The summed E-state index contributed by atoms with van der Waals surface area (Å²) in [6.07, 6.45) is 4.32. The lowest BCUT2D eigenvalue weighted by Crippen LogP contribution is -2.18. The lowest BCUT2D eigenvalue weighted by molar-refractivity contribution is 0.690. The van der Waals surface area contributed by atoms with Crippen LogP contribution in [0.2, 0.25) is 5.28 Å². The van der Waals surface area contributed by atoms with Gasteiger partial charge >= 0.3 is 0 Å². The van der Waals surface area contributed by atoms with Gasteiger partial charge in [-0.25, -0.2) is 9.97 Å². The van der Waals surface area contributed by atoms with Crippen LogP contribution in [0.3, 0.4) is 0 Å². The third-order valence-corrected chi connectivity index (χ3v) is 2.51. The smallest absolute Gasteiger partial charge is 0.224 e. The molecule has 0 radical (unpaired) electrons. The van der Waals surface area contributed by atoms with Crippen LogP contribution in [0.1, 0.15) is 19.8 Å². The lowest BCUT2D eigenvalue weighted by Gasteiger charge is -2.12. The molecule has 0 spiro atoms. The SMILES string of the molecule is CC(Nc1ccnc(Cl)n1)C1CC1. The van der Waals surface area contributed by atoms with E-state index in [0.29, 0.717) is 11.3 Å². The van der Waals surface area contributed by atoms with Crippen LogP contribution in [-0.2, 0) is 0 Å². The normalized spacial score (nSPS) is 18.3. The number of aromatic nitrogens is 2. The molecular formula is C9H12ClN3. The summed E-state index contributed by atoms with van der Waals surface area (Å²) in [5.41, 5.74) is 0. The summed E-state index contributed by atoms with van der Waals surface area (Å²) < 4.78 is 0. The Morgan fingerprint density at radius 1 is 1.62 bits per heavy atom. The van der Waals surface area contributed by atoms with E-state index in [0.717, 1.165) is 11.7 Å². The molecule has 0 aliphatic heterocycles. The van der Waals surface area contributed by atoms with Gasteiger partial charge in [-0.05, 0) is 43.4 Å². The van der Waals surface area contributed by atoms with Gasteiger partial charge in [0, 0.05) is 12.2 Å². The minimum Gasteiger partial charge on any atom is -0.367 e. The van der Waals surface area contributed by atoms with E-state index in [2.05, 4.69) is 22.2 Å². The van der Waals surface area contributed by atoms with E-state index in [1.165, 1.54) is 12.8 Å². The molecule has 2 rings (SSSR count). The molecular weight excluding hydrogens is 186 g/mol. The number of anilines is 1. The van der Waals surface area contributed by atoms with Crippen molar-refractivity contribution in [2.24, 2.45) is 5.92 Å². The second-order valence-electron chi connectivity index (χ2n) is 3.48. The van der Waals surface area contributed by atoms with Crippen molar-refractivity contribution in [1.29, 1.82) is 0 Å². The molecule has 1 aromatic heterocycles. The van der Waals surface area contributed by atoms with Gasteiger partial charge < -0.3 is 5.32 Å². The standard InChI is InChI=1S/C9H12ClN3/c1-6(7-2-3-7)12-8-4-5-11-9(10)13-8/h4-7H,2-3H2,1H3,(H,11,12,13). The Hall–Kier alpha value is -0.830. The fourth-order valence-corrected chi connectivity index (χ4v) is 1.51. The third kappa shape index (κ3) is 2.31. The minimum atomic E-state index is 0.299. The zero-order chi connectivity index (χ0) is 9.26. The van der Waals surface area contributed by atoms with E-state index < -0.39 is 0 Å². The van der Waals surface area contributed by atoms with Gasteiger partial charge in [0.1, 0.15) is 5.82 Å². The summed E-state index contributed by atoms with van der Waals surface area (Å²) in [7, 11) is 0. The Balaban J connectivity index is 2.00. The van der Waals surface area contributed by atoms with E-state index in [1.807, 2.05) is 6.07 Å². The van der Waals surface area contributed by atoms with Crippen molar-refractivity contribution in [3.63, 3.8) is 0 Å². The number of nitrogens with one attached hydrogen (secondary N) is 1. The number of halogens is 1. The molecule has 1 heterocycles. The van der Waals surface area contributed by atoms with Crippen molar-refractivity contribution >= 4 is 17.4 Å². The van der Waals surface area contributed by atoms with E-state index in [9.17, 15) is 0 Å². The largest absolute Gasteiger partial charge is 0.367 e. The lowest BCUT2D eigenvalue weighted by atomic mass is 10.2. The van der Waals surface area contributed by atoms with E-state index in [-0.39, 0.29) is 0 Å². The summed E-state index contributed by atoms with van der Waals surface area (Å²) in [5.74, 6) is 1.63. The summed E-state index contributed by atoms with van der Waals surface area (Å²) in [5, 5.41) is 3.61. The summed E-state index contributed by atoms with van der Waals surface area (Å²) in [6.45, 7) is 2.17. The molecule has 3 nitrogen and oxygen atoms in total. The van der Waals surface area contributed by atoms with Gasteiger partial charge in [-0.2, -0.15) is 0 Å². The van der Waals surface area contributed by atoms with Gasteiger partial charge in [0.15, 0.2) is 0 Å². The Morgan fingerprint density at radius 3 is 3.00 bits per heavy atom. The molecule has 0 amide bonds. The Morgan fingerprint density at radius 2 is 2.38 bits per heavy atom. The molecule has 70 valence electrons. The topological polar surface area (TPSA) is 37.8 Å². The van der Waals surface area contributed by atoms with E-state index in [1.54, 1.807) is 6.20 Å². The highest BCUT2D eigenvalue weighted by Gasteiger charge is 2.27. The summed E-state index contributed by atoms with van der Waals surface area (Å²) in [6, 6.07) is 2.33. The van der Waals surface area contributed by atoms with Crippen LogP contribution in [0, 0.1) is 5.92 Å². The third-order valence-electron chi connectivity index (χ3n) is 2.33. The van der Waals surface area contributed by atoms with Crippen LogP contribution in [0.15, 0.2) is 12.3 Å². The molecule has 1 fully saturated rings. The van der Waals surface area contributed by atoms with Gasteiger partial charge in [-0.15, -0.1) is 0 Å². The zero-order valence-corrected chi connectivity index (χ0v) is 8.25. The van der Waals surface area contributed by atoms with Gasteiger partial charge in [0.2, 0.25) is 5.28 Å². The Labute approximate surface area is 82.5 Å². The minimum absolute atomic E-state index is 0.299. The monoisotopic (exact) mass is 197 g/mol. The van der Waals surface area contributed by atoms with Gasteiger partial charge in [0.25, 0.3) is 0 Å². The highest BCUT2D eigenvalue weighted by molar-refractivity contribution is 6.28. The fraction of sp³-hybridized carbons (Fsp3) is 0.556. The number of hydrogen-bond acceptors (Lipinski definition) is 3. The first-order chi connectivity index (χ1) is 6.25. The van der Waals surface area contributed by atoms with E-state index >= 15 is 0 Å². The van der Waals surface area contributed by atoms with Crippen LogP contribution in [0.25, 0.3) is 0 Å². The molecule has 1 saturated carbocycles. The summed E-state index contributed by atoms with van der Waals surface area (Å²) >= 11 is 5.66. The number of hydrogen-bond donors (Lipinski definition) is 1. The highest BCUT2D eigenvalue weighted by atomic mass is 35.5. The maximum atomic E-state index is 5.66. The van der Waals surface area contributed by atoms with Gasteiger partial charge in [-0.1, -0.05) is 0 Å². The molecule has 0 bridgehead atoms. The fourth-order valence-electron chi connectivity index (χ4n) is 1.36. The van der Waals surface area contributed by atoms with Crippen molar-refractivity contribution < 1.29 is 0 Å². The van der Waals surface area contributed by atoms with Gasteiger partial charge in [-0.3, -0.25) is 0 Å². The average molecular weight is 198 g/mol.